The van der Waals surface area contributed by atoms with Gasteiger partial charge in [0.2, 0.25) is 0 Å². The Kier molecular flexibility index (Phi) is 4.71. The standard InChI is InChI=1S/C18H23NO2S/c1-14(16-8-6-5-7-9-16)22(20,21)13-15-10-11-17(19-12-15)18(2,3)4/h5-12,14H,13H2,1-4H3. The minimum atomic E-state index is -3.25. The van der Waals surface area contributed by atoms with Gasteiger partial charge in [-0.25, -0.2) is 8.42 Å². The van der Waals surface area contributed by atoms with Crippen LogP contribution >= 0.6 is 0 Å². The van der Waals surface area contributed by atoms with Crippen LogP contribution in [0.25, 0.3) is 0 Å². The minimum absolute atomic E-state index is 0.0144. The molecule has 0 bridgehead atoms. The normalized spacial score (nSPS) is 13.8. The maximum atomic E-state index is 12.6. The second-order valence-corrected chi connectivity index (χ2v) is 8.98. The highest BCUT2D eigenvalue weighted by molar-refractivity contribution is 7.90. The number of benzene rings is 1. The molecule has 0 radical (unpaired) electrons. The lowest BCUT2D eigenvalue weighted by atomic mass is 9.91. The molecular formula is C18H23NO2S. The molecule has 1 aromatic heterocycles. The Balaban J connectivity index is 2.19. The molecule has 1 atom stereocenters. The Morgan fingerprint density at radius 2 is 1.68 bits per heavy atom. The third-order valence-electron chi connectivity index (χ3n) is 3.77. The SMILES string of the molecule is CC(c1ccccc1)S(=O)(=O)Cc1ccc(C(C)(C)C)nc1. The molecule has 0 saturated heterocycles. The molecule has 2 aromatic rings. The van der Waals surface area contributed by atoms with Crippen molar-refractivity contribution in [1.29, 1.82) is 0 Å². The van der Waals surface area contributed by atoms with E-state index in [1.54, 1.807) is 13.1 Å². The number of rotatable bonds is 4. The fourth-order valence-corrected chi connectivity index (χ4v) is 3.70. The van der Waals surface area contributed by atoms with Crippen LogP contribution in [0.4, 0.5) is 0 Å². The first-order valence-electron chi connectivity index (χ1n) is 7.42. The van der Waals surface area contributed by atoms with Gasteiger partial charge in [0, 0.05) is 17.3 Å². The topological polar surface area (TPSA) is 47.0 Å². The van der Waals surface area contributed by atoms with Crippen molar-refractivity contribution in [2.75, 3.05) is 0 Å². The molecular weight excluding hydrogens is 294 g/mol. The lowest BCUT2D eigenvalue weighted by molar-refractivity contribution is 0.568. The first-order chi connectivity index (χ1) is 10.2. The second kappa shape index (κ2) is 6.21. The van der Waals surface area contributed by atoms with Gasteiger partial charge in [0.15, 0.2) is 9.84 Å². The first kappa shape index (κ1) is 16.7. The van der Waals surface area contributed by atoms with E-state index in [1.165, 1.54) is 0 Å². The number of hydrogen-bond donors (Lipinski definition) is 0. The van der Waals surface area contributed by atoms with Crippen LogP contribution in [0.2, 0.25) is 0 Å². The fourth-order valence-electron chi connectivity index (χ4n) is 2.24. The fraction of sp³-hybridized carbons (Fsp3) is 0.389. The van der Waals surface area contributed by atoms with E-state index >= 15 is 0 Å². The van der Waals surface area contributed by atoms with E-state index in [-0.39, 0.29) is 11.2 Å². The van der Waals surface area contributed by atoms with Crippen LogP contribution in [0.1, 0.15) is 49.8 Å². The van der Waals surface area contributed by atoms with Crippen LogP contribution in [-0.2, 0) is 21.0 Å². The first-order valence-corrected chi connectivity index (χ1v) is 9.13. The largest absolute Gasteiger partial charge is 0.260 e. The number of pyridine rings is 1. The molecule has 3 nitrogen and oxygen atoms in total. The zero-order valence-corrected chi connectivity index (χ0v) is 14.4. The summed E-state index contributed by atoms with van der Waals surface area (Å²) in [5.74, 6) is 0.0144. The molecule has 1 unspecified atom stereocenters. The monoisotopic (exact) mass is 317 g/mol. The molecule has 0 aliphatic heterocycles. The minimum Gasteiger partial charge on any atom is -0.260 e. The van der Waals surface area contributed by atoms with Crippen LogP contribution in [0.3, 0.4) is 0 Å². The lowest BCUT2D eigenvalue weighted by Crippen LogP contribution is -2.15. The zero-order chi connectivity index (χ0) is 16.4. The van der Waals surface area contributed by atoms with E-state index in [2.05, 4.69) is 25.8 Å². The second-order valence-electron chi connectivity index (χ2n) is 6.66. The average Bonchev–Trinajstić information content (AvgIpc) is 2.46. The summed E-state index contributed by atoms with van der Waals surface area (Å²) in [4.78, 5) is 4.40. The highest BCUT2D eigenvalue weighted by Crippen LogP contribution is 2.26. The van der Waals surface area contributed by atoms with Gasteiger partial charge in [0.1, 0.15) is 0 Å². The van der Waals surface area contributed by atoms with Crippen molar-refractivity contribution in [3.63, 3.8) is 0 Å². The molecule has 22 heavy (non-hydrogen) atoms. The average molecular weight is 317 g/mol. The van der Waals surface area contributed by atoms with Crippen molar-refractivity contribution in [3.8, 4) is 0 Å². The molecule has 0 saturated carbocycles. The van der Waals surface area contributed by atoms with Crippen molar-refractivity contribution < 1.29 is 8.42 Å². The van der Waals surface area contributed by atoms with Gasteiger partial charge in [-0.05, 0) is 24.1 Å². The maximum Gasteiger partial charge on any atom is 0.161 e. The summed E-state index contributed by atoms with van der Waals surface area (Å²) in [5.41, 5.74) is 2.48. The van der Waals surface area contributed by atoms with Crippen molar-refractivity contribution in [2.24, 2.45) is 0 Å². The summed E-state index contributed by atoms with van der Waals surface area (Å²) in [6.07, 6.45) is 1.68. The molecule has 4 heteroatoms. The quantitative estimate of drug-likeness (QED) is 0.854. The lowest BCUT2D eigenvalue weighted by Gasteiger charge is -2.18. The van der Waals surface area contributed by atoms with Crippen molar-refractivity contribution in [2.45, 2.75) is 44.1 Å². The van der Waals surface area contributed by atoms with Gasteiger partial charge in [0.25, 0.3) is 0 Å². The van der Waals surface area contributed by atoms with Crippen LogP contribution in [0.5, 0.6) is 0 Å². The Hall–Kier alpha value is -1.68. The van der Waals surface area contributed by atoms with E-state index in [4.69, 9.17) is 0 Å². The number of aromatic nitrogens is 1. The van der Waals surface area contributed by atoms with Gasteiger partial charge in [-0.15, -0.1) is 0 Å². The van der Waals surface area contributed by atoms with Gasteiger partial charge in [0.05, 0.1) is 11.0 Å². The number of hydrogen-bond acceptors (Lipinski definition) is 3. The Bertz CT molecular complexity index is 714. The van der Waals surface area contributed by atoms with Crippen LogP contribution in [-0.4, -0.2) is 13.4 Å². The predicted octanol–water partition coefficient (Wildman–Crippen LogP) is 4.06. The summed E-state index contributed by atoms with van der Waals surface area (Å²) in [7, 11) is -3.25. The number of nitrogens with zero attached hydrogens (tertiary/aromatic N) is 1. The Morgan fingerprint density at radius 1 is 1.05 bits per heavy atom. The van der Waals surface area contributed by atoms with Gasteiger partial charge < -0.3 is 0 Å². The molecule has 1 aromatic carbocycles. The van der Waals surface area contributed by atoms with Crippen LogP contribution in [0.15, 0.2) is 48.7 Å². The van der Waals surface area contributed by atoms with E-state index in [0.29, 0.717) is 0 Å². The third kappa shape index (κ3) is 3.95. The smallest absolute Gasteiger partial charge is 0.161 e. The molecule has 118 valence electrons. The molecule has 0 amide bonds. The van der Waals surface area contributed by atoms with Gasteiger partial charge >= 0.3 is 0 Å². The molecule has 0 spiro atoms. The molecule has 0 N–H and O–H groups in total. The Morgan fingerprint density at radius 3 is 2.18 bits per heavy atom. The molecule has 0 fully saturated rings. The van der Waals surface area contributed by atoms with Crippen molar-refractivity contribution in [3.05, 3.63) is 65.5 Å². The maximum absolute atomic E-state index is 12.6. The summed E-state index contributed by atoms with van der Waals surface area (Å²) in [5, 5.41) is -0.518. The van der Waals surface area contributed by atoms with Gasteiger partial charge in [-0.3, -0.25) is 4.98 Å². The van der Waals surface area contributed by atoms with E-state index < -0.39 is 15.1 Å². The Labute approximate surface area is 133 Å². The molecule has 0 aliphatic rings. The summed E-state index contributed by atoms with van der Waals surface area (Å²) < 4.78 is 25.1. The van der Waals surface area contributed by atoms with E-state index in [1.807, 2.05) is 42.5 Å². The molecule has 2 rings (SSSR count). The summed E-state index contributed by atoms with van der Waals surface area (Å²) >= 11 is 0. The van der Waals surface area contributed by atoms with Crippen molar-refractivity contribution in [1.82, 2.24) is 4.98 Å². The molecule has 0 aliphatic carbocycles. The molecule has 1 heterocycles. The zero-order valence-electron chi connectivity index (χ0n) is 13.6. The van der Waals surface area contributed by atoms with Crippen LogP contribution < -0.4 is 0 Å². The van der Waals surface area contributed by atoms with Gasteiger partial charge in [-0.2, -0.15) is 0 Å². The summed E-state index contributed by atoms with van der Waals surface area (Å²) in [6, 6.07) is 13.1. The van der Waals surface area contributed by atoms with Gasteiger partial charge in [-0.1, -0.05) is 57.2 Å². The summed E-state index contributed by atoms with van der Waals surface area (Å²) in [6.45, 7) is 8.00. The number of sulfone groups is 1. The predicted molar refractivity (Wildman–Crippen MR) is 90.4 cm³/mol. The van der Waals surface area contributed by atoms with E-state index in [9.17, 15) is 8.42 Å². The van der Waals surface area contributed by atoms with E-state index in [0.717, 1.165) is 16.8 Å². The van der Waals surface area contributed by atoms with Crippen LogP contribution in [0, 0.1) is 0 Å². The van der Waals surface area contributed by atoms with Crippen molar-refractivity contribution >= 4 is 9.84 Å². The highest BCUT2D eigenvalue weighted by Gasteiger charge is 2.23. The highest BCUT2D eigenvalue weighted by atomic mass is 32.2. The third-order valence-corrected chi connectivity index (χ3v) is 5.85.